The molecule has 126 valence electrons. The molecule has 5 nitrogen and oxygen atoms in total. The summed E-state index contributed by atoms with van der Waals surface area (Å²) < 4.78 is 18.6. The van der Waals surface area contributed by atoms with Crippen LogP contribution in [0.3, 0.4) is 0 Å². The molecule has 0 saturated carbocycles. The van der Waals surface area contributed by atoms with Gasteiger partial charge in [-0.15, -0.1) is 0 Å². The Hall–Kier alpha value is -2.89. The maximum absolute atomic E-state index is 13.5. The molecule has 1 amide bonds. The fourth-order valence-corrected chi connectivity index (χ4v) is 2.06. The number of methoxy groups -OCH3 is 1. The smallest absolute Gasteiger partial charge is 0.262 e. The van der Waals surface area contributed by atoms with Crippen LogP contribution >= 0.6 is 0 Å². The molecule has 0 aromatic heterocycles. The molecule has 1 atom stereocenters. The van der Waals surface area contributed by atoms with E-state index in [1.54, 1.807) is 25.3 Å². The van der Waals surface area contributed by atoms with Crippen LogP contribution in [0, 0.1) is 5.82 Å². The van der Waals surface area contributed by atoms with E-state index >= 15 is 0 Å². The molecule has 0 spiro atoms. The van der Waals surface area contributed by atoms with Crippen LogP contribution in [0.5, 0.6) is 5.75 Å². The van der Waals surface area contributed by atoms with Gasteiger partial charge in [0, 0.05) is 11.3 Å². The zero-order chi connectivity index (χ0) is 17.4. The molecule has 0 saturated heterocycles. The lowest BCUT2D eigenvalue weighted by molar-refractivity contribution is -0.121. The van der Waals surface area contributed by atoms with Crippen LogP contribution in [-0.2, 0) is 4.79 Å². The van der Waals surface area contributed by atoms with Gasteiger partial charge in [0.05, 0.1) is 13.3 Å². The molecule has 2 aromatic carbocycles. The molecule has 0 aliphatic rings. The van der Waals surface area contributed by atoms with Crippen molar-refractivity contribution < 1.29 is 13.9 Å². The van der Waals surface area contributed by atoms with Gasteiger partial charge < -0.3 is 10.1 Å². The van der Waals surface area contributed by atoms with Crippen molar-refractivity contribution >= 4 is 17.8 Å². The molecule has 0 bridgehead atoms. The van der Waals surface area contributed by atoms with E-state index in [0.717, 1.165) is 11.4 Å². The first-order chi connectivity index (χ1) is 11.6. The van der Waals surface area contributed by atoms with Crippen LogP contribution in [-0.4, -0.2) is 25.3 Å². The van der Waals surface area contributed by atoms with Crippen molar-refractivity contribution in [3.05, 3.63) is 59.9 Å². The van der Waals surface area contributed by atoms with E-state index in [4.69, 9.17) is 4.74 Å². The molecule has 0 aliphatic carbocycles. The van der Waals surface area contributed by atoms with Crippen molar-refractivity contribution in [2.75, 3.05) is 12.4 Å². The van der Waals surface area contributed by atoms with Crippen molar-refractivity contribution in [1.29, 1.82) is 0 Å². The van der Waals surface area contributed by atoms with Gasteiger partial charge in [-0.05, 0) is 36.8 Å². The summed E-state index contributed by atoms with van der Waals surface area (Å²) in [6, 6.07) is 13.0. The summed E-state index contributed by atoms with van der Waals surface area (Å²) in [6.07, 6.45) is 1.86. The van der Waals surface area contributed by atoms with E-state index in [1.165, 1.54) is 12.3 Å². The lowest BCUT2D eigenvalue weighted by Gasteiger charge is -2.16. The summed E-state index contributed by atoms with van der Waals surface area (Å²) in [6.45, 7) is 1.89. The highest BCUT2D eigenvalue weighted by molar-refractivity contribution is 5.86. The number of nitrogens with one attached hydrogen (secondary N) is 2. The molecule has 1 unspecified atom stereocenters. The van der Waals surface area contributed by atoms with Gasteiger partial charge in [0.2, 0.25) is 0 Å². The minimum Gasteiger partial charge on any atom is -0.497 e. The van der Waals surface area contributed by atoms with Gasteiger partial charge in [-0.2, -0.15) is 5.10 Å². The largest absolute Gasteiger partial charge is 0.497 e. The van der Waals surface area contributed by atoms with E-state index in [2.05, 4.69) is 15.8 Å². The summed E-state index contributed by atoms with van der Waals surface area (Å²) >= 11 is 0. The Morgan fingerprint density at radius 2 is 1.96 bits per heavy atom. The molecule has 0 heterocycles. The molecule has 6 heteroatoms. The van der Waals surface area contributed by atoms with Gasteiger partial charge in [0.1, 0.15) is 17.6 Å². The third-order valence-electron chi connectivity index (χ3n) is 3.44. The van der Waals surface area contributed by atoms with Gasteiger partial charge in [-0.25, -0.2) is 9.82 Å². The average Bonchev–Trinajstić information content (AvgIpc) is 2.61. The summed E-state index contributed by atoms with van der Waals surface area (Å²) in [5, 5.41) is 6.94. The summed E-state index contributed by atoms with van der Waals surface area (Å²) in [4.78, 5) is 12.2. The Morgan fingerprint density at radius 3 is 2.58 bits per heavy atom. The topological polar surface area (TPSA) is 62.7 Å². The first kappa shape index (κ1) is 17.5. The van der Waals surface area contributed by atoms with E-state index in [0.29, 0.717) is 12.0 Å². The third kappa shape index (κ3) is 4.81. The summed E-state index contributed by atoms with van der Waals surface area (Å²) in [7, 11) is 1.60. The number of hydrazone groups is 1. The fraction of sp³-hybridized carbons (Fsp3) is 0.222. The second-order valence-electron chi connectivity index (χ2n) is 5.09. The number of hydrogen-bond donors (Lipinski definition) is 2. The molecule has 2 rings (SSSR count). The zero-order valence-electron chi connectivity index (χ0n) is 13.6. The molecule has 2 N–H and O–H groups in total. The van der Waals surface area contributed by atoms with Crippen molar-refractivity contribution in [2.45, 2.75) is 19.4 Å². The number of nitrogens with zero attached hydrogens (tertiary/aromatic N) is 1. The molecule has 24 heavy (non-hydrogen) atoms. The molecular weight excluding hydrogens is 309 g/mol. The summed E-state index contributed by atoms with van der Waals surface area (Å²) in [5.41, 5.74) is 3.54. The van der Waals surface area contributed by atoms with E-state index in [9.17, 15) is 9.18 Å². The Kier molecular flexibility index (Phi) is 6.31. The standard InChI is InChI=1S/C18H20FN3O2/c1-3-17(21-14-8-10-15(24-2)11-9-14)18(23)22-20-12-13-6-4-5-7-16(13)19/h4-12,17,21H,3H2,1-2H3,(H,22,23). The highest BCUT2D eigenvalue weighted by atomic mass is 19.1. The second kappa shape index (κ2) is 8.67. The Bertz CT molecular complexity index is 702. The van der Waals surface area contributed by atoms with Crippen LogP contribution in [0.4, 0.5) is 10.1 Å². The molecule has 0 fully saturated rings. The van der Waals surface area contributed by atoms with E-state index in [-0.39, 0.29) is 11.7 Å². The first-order valence-corrected chi connectivity index (χ1v) is 7.62. The van der Waals surface area contributed by atoms with Crippen LogP contribution in [0.25, 0.3) is 0 Å². The van der Waals surface area contributed by atoms with Crippen molar-refractivity contribution in [1.82, 2.24) is 5.43 Å². The second-order valence-corrected chi connectivity index (χ2v) is 5.09. The first-order valence-electron chi connectivity index (χ1n) is 7.62. The quantitative estimate of drug-likeness (QED) is 0.606. The number of carbonyl (C=O) groups is 1. The zero-order valence-corrected chi connectivity index (χ0v) is 13.6. The number of rotatable bonds is 7. The highest BCUT2D eigenvalue weighted by Crippen LogP contribution is 2.16. The number of benzene rings is 2. The fourth-order valence-electron chi connectivity index (χ4n) is 2.06. The van der Waals surface area contributed by atoms with Crippen molar-refractivity contribution in [3.8, 4) is 5.75 Å². The predicted octanol–water partition coefficient (Wildman–Crippen LogP) is 3.18. The Balaban J connectivity index is 1.94. The summed E-state index contributed by atoms with van der Waals surface area (Å²) in [5.74, 6) is 0.0624. The maximum atomic E-state index is 13.5. The van der Waals surface area contributed by atoms with Crippen LogP contribution in [0.15, 0.2) is 53.6 Å². The molecular formula is C18H20FN3O2. The average molecular weight is 329 g/mol. The van der Waals surface area contributed by atoms with Gasteiger partial charge in [0.15, 0.2) is 0 Å². The number of hydrogen-bond acceptors (Lipinski definition) is 4. The minimum atomic E-state index is -0.448. The van der Waals surface area contributed by atoms with Crippen molar-refractivity contribution in [3.63, 3.8) is 0 Å². The van der Waals surface area contributed by atoms with Gasteiger partial charge in [0.25, 0.3) is 5.91 Å². The normalized spacial score (nSPS) is 12.0. The van der Waals surface area contributed by atoms with Crippen LogP contribution in [0.1, 0.15) is 18.9 Å². The Morgan fingerprint density at radius 1 is 1.25 bits per heavy atom. The van der Waals surface area contributed by atoms with Gasteiger partial charge in [-0.1, -0.05) is 25.1 Å². The number of carbonyl (C=O) groups excluding carboxylic acids is 1. The van der Waals surface area contributed by atoms with Crippen LogP contribution in [0.2, 0.25) is 0 Å². The predicted molar refractivity (Wildman–Crippen MR) is 92.8 cm³/mol. The van der Waals surface area contributed by atoms with Gasteiger partial charge in [-0.3, -0.25) is 4.79 Å². The SMILES string of the molecule is CCC(Nc1ccc(OC)cc1)C(=O)NN=Cc1ccccc1F. The van der Waals surface area contributed by atoms with Crippen molar-refractivity contribution in [2.24, 2.45) is 5.10 Å². The highest BCUT2D eigenvalue weighted by Gasteiger charge is 2.15. The molecule has 0 radical (unpaired) electrons. The monoisotopic (exact) mass is 329 g/mol. The van der Waals surface area contributed by atoms with Gasteiger partial charge >= 0.3 is 0 Å². The number of halogens is 1. The maximum Gasteiger partial charge on any atom is 0.262 e. The lowest BCUT2D eigenvalue weighted by Crippen LogP contribution is -2.36. The number of anilines is 1. The minimum absolute atomic E-state index is 0.291. The van der Waals surface area contributed by atoms with E-state index in [1.807, 2.05) is 31.2 Å². The lowest BCUT2D eigenvalue weighted by atomic mass is 10.2. The third-order valence-corrected chi connectivity index (χ3v) is 3.44. The van der Waals surface area contributed by atoms with Crippen LogP contribution < -0.4 is 15.5 Å². The molecule has 0 aliphatic heterocycles. The Labute approximate surface area is 140 Å². The van der Waals surface area contributed by atoms with E-state index < -0.39 is 6.04 Å². The number of ether oxygens (including phenoxy) is 1. The number of amides is 1. The molecule has 2 aromatic rings.